The number of hydrogen-bond donors (Lipinski definition) is 1. The van der Waals surface area contributed by atoms with E-state index in [1.807, 2.05) is 31.2 Å². The first-order chi connectivity index (χ1) is 14.9. The van der Waals surface area contributed by atoms with Gasteiger partial charge in [0.2, 0.25) is 9.47 Å². The van der Waals surface area contributed by atoms with Gasteiger partial charge in [-0.3, -0.25) is 10.1 Å². The number of nitrogens with one attached hydrogen (secondary N) is 1. The molecule has 1 N–H and O–H groups in total. The molecule has 0 spiro atoms. The predicted molar refractivity (Wildman–Crippen MR) is 121 cm³/mol. The highest BCUT2D eigenvalue weighted by Gasteiger charge is 2.32. The van der Waals surface area contributed by atoms with E-state index >= 15 is 0 Å². The van der Waals surface area contributed by atoms with E-state index in [2.05, 4.69) is 27.6 Å². The molecule has 1 aromatic heterocycles. The Morgan fingerprint density at radius 2 is 1.84 bits per heavy atom. The lowest BCUT2D eigenvalue weighted by atomic mass is 9.91. The summed E-state index contributed by atoms with van der Waals surface area (Å²) >= 11 is 0.880. The van der Waals surface area contributed by atoms with Crippen LogP contribution in [-0.2, 0) is 16.4 Å². The second-order valence-electron chi connectivity index (χ2n) is 7.73. The van der Waals surface area contributed by atoms with Crippen molar-refractivity contribution in [2.24, 2.45) is 5.92 Å². The van der Waals surface area contributed by atoms with Crippen molar-refractivity contribution < 1.29 is 13.2 Å². The minimum atomic E-state index is -3.72. The zero-order valence-corrected chi connectivity index (χ0v) is 18.8. The van der Waals surface area contributed by atoms with Crippen LogP contribution in [0.5, 0.6) is 0 Å². The third kappa shape index (κ3) is 5.17. The SMILES string of the molecule is Cc1cccc(C(=O)Nc2nnc(S(=O)(=O)N3CCC(Cc4ccccc4)CC3)s2)c1. The van der Waals surface area contributed by atoms with Crippen LogP contribution >= 0.6 is 11.3 Å². The predicted octanol–water partition coefficient (Wildman–Crippen LogP) is 3.74. The number of anilines is 1. The number of amides is 1. The number of sulfonamides is 1. The fraction of sp³-hybridized carbons (Fsp3) is 0.318. The second kappa shape index (κ2) is 9.25. The Hall–Kier alpha value is -2.62. The van der Waals surface area contributed by atoms with Crippen molar-refractivity contribution in [3.05, 3.63) is 71.3 Å². The number of carbonyl (C=O) groups excluding carboxylic acids is 1. The molecule has 0 atom stereocenters. The van der Waals surface area contributed by atoms with Crippen LogP contribution in [0.1, 0.15) is 34.3 Å². The number of aromatic nitrogens is 2. The highest BCUT2D eigenvalue weighted by molar-refractivity contribution is 7.91. The molecule has 0 saturated carbocycles. The first-order valence-electron chi connectivity index (χ1n) is 10.2. The molecule has 7 nitrogen and oxygen atoms in total. The third-order valence-corrected chi connectivity index (χ3v) is 8.49. The Labute approximate surface area is 186 Å². The maximum absolute atomic E-state index is 13.0. The van der Waals surface area contributed by atoms with E-state index in [4.69, 9.17) is 0 Å². The zero-order chi connectivity index (χ0) is 21.8. The zero-order valence-electron chi connectivity index (χ0n) is 17.2. The molecule has 1 fully saturated rings. The topological polar surface area (TPSA) is 92.3 Å². The van der Waals surface area contributed by atoms with E-state index < -0.39 is 10.0 Å². The number of aryl methyl sites for hydroxylation is 1. The fourth-order valence-corrected chi connectivity index (χ4v) is 6.23. The minimum Gasteiger partial charge on any atom is -0.296 e. The molecule has 9 heteroatoms. The van der Waals surface area contributed by atoms with E-state index in [1.165, 1.54) is 9.87 Å². The van der Waals surface area contributed by atoms with Gasteiger partial charge < -0.3 is 0 Å². The molecule has 162 valence electrons. The molecule has 3 aromatic rings. The molecule has 0 aliphatic carbocycles. The van der Waals surface area contributed by atoms with Crippen LogP contribution < -0.4 is 5.32 Å². The molecule has 0 unspecified atom stereocenters. The van der Waals surface area contributed by atoms with E-state index in [-0.39, 0.29) is 15.4 Å². The average molecular weight is 457 g/mol. The maximum Gasteiger partial charge on any atom is 0.272 e. The molecule has 4 rings (SSSR count). The van der Waals surface area contributed by atoms with Crippen molar-refractivity contribution in [2.75, 3.05) is 18.4 Å². The highest BCUT2D eigenvalue weighted by Crippen LogP contribution is 2.28. The first kappa shape index (κ1) is 21.6. The Balaban J connectivity index is 1.37. The van der Waals surface area contributed by atoms with Crippen molar-refractivity contribution >= 4 is 32.4 Å². The highest BCUT2D eigenvalue weighted by atomic mass is 32.2. The molecular weight excluding hydrogens is 432 g/mol. The van der Waals surface area contributed by atoms with Gasteiger partial charge in [-0.15, -0.1) is 10.2 Å². The van der Waals surface area contributed by atoms with Gasteiger partial charge in [-0.05, 0) is 49.8 Å². The molecule has 0 radical (unpaired) electrons. The largest absolute Gasteiger partial charge is 0.296 e. The van der Waals surface area contributed by atoms with Crippen LogP contribution in [0.25, 0.3) is 0 Å². The molecular formula is C22H24N4O3S2. The van der Waals surface area contributed by atoms with Gasteiger partial charge in [0, 0.05) is 18.7 Å². The van der Waals surface area contributed by atoms with Gasteiger partial charge in [0.05, 0.1) is 0 Å². The van der Waals surface area contributed by atoms with E-state index in [1.54, 1.807) is 18.2 Å². The van der Waals surface area contributed by atoms with Gasteiger partial charge in [0.25, 0.3) is 15.9 Å². The van der Waals surface area contributed by atoms with Crippen LogP contribution in [0.15, 0.2) is 58.9 Å². The quantitative estimate of drug-likeness (QED) is 0.571. The van der Waals surface area contributed by atoms with Crippen LogP contribution in [0.3, 0.4) is 0 Å². The minimum absolute atomic E-state index is 0.0893. The summed E-state index contributed by atoms with van der Waals surface area (Å²) in [7, 11) is -3.72. The van der Waals surface area contributed by atoms with E-state index in [0.717, 1.165) is 36.2 Å². The number of carbonyl (C=O) groups is 1. The summed E-state index contributed by atoms with van der Waals surface area (Å²) in [5, 5.41) is 10.5. The average Bonchev–Trinajstić information content (AvgIpc) is 3.24. The van der Waals surface area contributed by atoms with Crippen LogP contribution in [-0.4, -0.2) is 41.9 Å². The Morgan fingerprint density at radius 3 is 2.55 bits per heavy atom. The Bertz CT molecular complexity index is 1150. The van der Waals surface area contributed by atoms with Gasteiger partial charge in [-0.25, -0.2) is 8.42 Å². The molecule has 0 bridgehead atoms. The summed E-state index contributed by atoms with van der Waals surface area (Å²) in [6.45, 7) is 2.82. The van der Waals surface area contributed by atoms with Gasteiger partial charge in [0.1, 0.15) is 0 Å². The lowest BCUT2D eigenvalue weighted by Gasteiger charge is -2.30. The maximum atomic E-state index is 13.0. The molecule has 31 heavy (non-hydrogen) atoms. The van der Waals surface area contributed by atoms with E-state index in [0.29, 0.717) is 24.6 Å². The summed E-state index contributed by atoms with van der Waals surface area (Å²) in [5.74, 6) is 0.123. The van der Waals surface area contributed by atoms with Crippen molar-refractivity contribution in [3.8, 4) is 0 Å². The standard InChI is InChI=1S/C22H24N4O3S2/c1-16-6-5-9-19(14-16)20(27)23-21-24-25-22(30-21)31(28,29)26-12-10-18(11-13-26)15-17-7-3-2-4-8-17/h2-9,14,18H,10-13,15H2,1H3,(H,23,24,27). The van der Waals surface area contributed by atoms with Crippen molar-refractivity contribution in [1.29, 1.82) is 0 Å². The first-order valence-corrected chi connectivity index (χ1v) is 12.4. The number of piperidine rings is 1. The smallest absolute Gasteiger partial charge is 0.272 e. The number of rotatable bonds is 6. The molecule has 1 aliphatic heterocycles. The van der Waals surface area contributed by atoms with Gasteiger partial charge in [0.15, 0.2) is 0 Å². The van der Waals surface area contributed by atoms with E-state index in [9.17, 15) is 13.2 Å². The molecule has 1 aliphatic rings. The lowest BCUT2D eigenvalue weighted by Crippen LogP contribution is -2.38. The lowest BCUT2D eigenvalue weighted by molar-refractivity contribution is 0.102. The summed E-state index contributed by atoms with van der Waals surface area (Å²) in [6, 6.07) is 17.4. The monoisotopic (exact) mass is 456 g/mol. The molecule has 1 saturated heterocycles. The molecule has 2 heterocycles. The molecule has 1 amide bonds. The summed E-state index contributed by atoms with van der Waals surface area (Å²) in [5.41, 5.74) is 2.73. The second-order valence-corrected chi connectivity index (χ2v) is 10.8. The van der Waals surface area contributed by atoms with Gasteiger partial charge >= 0.3 is 0 Å². The van der Waals surface area contributed by atoms with Crippen LogP contribution in [0.4, 0.5) is 5.13 Å². The third-order valence-electron chi connectivity index (χ3n) is 5.41. The fourth-order valence-electron chi connectivity index (χ4n) is 3.73. The van der Waals surface area contributed by atoms with Gasteiger partial charge in [-0.1, -0.05) is 59.4 Å². The Kier molecular flexibility index (Phi) is 6.45. The normalized spacial score (nSPS) is 15.6. The summed E-state index contributed by atoms with van der Waals surface area (Å²) in [4.78, 5) is 12.4. The van der Waals surface area contributed by atoms with Crippen molar-refractivity contribution in [1.82, 2.24) is 14.5 Å². The summed E-state index contributed by atoms with van der Waals surface area (Å²) in [6.07, 6.45) is 2.58. The van der Waals surface area contributed by atoms with Crippen LogP contribution in [0, 0.1) is 12.8 Å². The van der Waals surface area contributed by atoms with Crippen molar-refractivity contribution in [3.63, 3.8) is 0 Å². The number of benzene rings is 2. The van der Waals surface area contributed by atoms with Gasteiger partial charge in [-0.2, -0.15) is 4.31 Å². The summed E-state index contributed by atoms with van der Waals surface area (Å²) < 4.78 is 27.4. The van der Waals surface area contributed by atoms with Crippen LogP contribution in [0.2, 0.25) is 0 Å². The Morgan fingerprint density at radius 1 is 1.10 bits per heavy atom. The van der Waals surface area contributed by atoms with Crippen molar-refractivity contribution in [2.45, 2.75) is 30.5 Å². The molecule has 2 aromatic carbocycles. The number of nitrogens with zero attached hydrogens (tertiary/aromatic N) is 3. The number of hydrogen-bond acceptors (Lipinski definition) is 6.